The zero-order valence-corrected chi connectivity index (χ0v) is 14.2. The molecule has 132 valence electrons. The van der Waals surface area contributed by atoms with Gasteiger partial charge in [0.15, 0.2) is 5.96 Å². The van der Waals surface area contributed by atoms with Gasteiger partial charge < -0.3 is 15.4 Å². The van der Waals surface area contributed by atoms with Crippen LogP contribution in [0.25, 0.3) is 0 Å². The van der Waals surface area contributed by atoms with Crippen LogP contribution in [0.3, 0.4) is 0 Å². The van der Waals surface area contributed by atoms with Crippen molar-refractivity contribution in [3.63, 3.8) is 0 Å². The number of methoxy groups -OCH3 is 1. The minimum absolute atomic E-state index is 0.261. The molecule has 0 saturated carbocycles. The second kappa shape index (κ2) is 9.27. The highest BCUT2D eigenvalue weighted by Gasteiger charge is 2.02. The number of rotatable bonds is 5. The molecule has 0 radical (unpaired) electrons. The van der Waals surface area contributed by atoms with Crippen molar-refractivity contribution in [2.75, 3.05) is 19.5 Å². The van der Waals surface area contributed by atoms with Crippen molar-refractivity contribution in [1.82, 2.24) is 10.6 Å². The molecular weight excluding hydrogens is 323 g/mol. The molecule has 2 rings (SSSR count). The highest BCUT2D eigenvalue weighted by atomic mass is 19.1. The van der Waals surface area contributed by atoms with E-state index in [1.807, 2.05) is 18.2 Å². The summed E-state index contributed by atoms with van der Waals surface area (Å²) >= 11 is 0. The fourth-order valence-electron chi connectivity index (χ4n) is 2.11. The van der Waals surface area contributed by atoms with Gasteiger partial charge in [-0.15, -0.1) is 0 Å². The smallest absolute Gasteiger partial charge is 0.411 e. The number of hydrogen-bond donors (Lipinski definition) is 3. The summed E-state index contributed by atoms with van der Waals surface area (Å²) in [5.41, 5.74) is 2.51. The van der Waals surface area contributed by atoms with Crippen LogP contribution in [-0.2, 0) is 17.8 Å². The first-order chi connectivity index (χ1) is 12.1. The van der Waals surface area contributed by atoms with Crippen molar-refractivity contribution in [3.8, 4) is 0 Å². The zero-order chi connectivity index (χ0) is 18.1. The zero-order valence-electron chi connectivity index (χ0n) is 14.2. The minimum atomic E-state index is -0.507. The van der Waals surface area contributed by atoms with E-state index in [-0.39, 0.29) is 5.82 Å². The SMILES string of the molecule is CN=C(NCc1ccc(NC(=O)OC)cc1)NCc1cccc(F)c1. The molecule has 6 nitrogen and oxygen atoms in total. The Labute approximate surface area is 146 Å². The van der Waals surface area contributed by atoms with E-state index >= 15 is 0 Å². The van der Waals surface area contributed by atoms with Gasteiger partial charge in [-0.05, 0) is 35.4 Å². The molecule has 0 saturated heterocycles. The van der Waals surface area contributed by atoms with Crippen molar-refractivity contribution < 1.29 is 13.9 Å². The van der Waals surface area contributed by atoms with Gasteiger partial charge in [0.05, 0.1) is 7.11 Å². The molecule has 0 aliphatic rings. The molecule has 0 unspecified atom stereocenters. The summed E-state index contributed by atoms with van der Waals surface area (Å²) in [6.07, 6.45) is -0.507. The van der Waals surface area contributed by atoms with Crippen LogP contribution >= 0.6 is 0 Å². The second-order valence-corrected chi connectivity index (χ2v) is 5.22. The lowest BCUT2D eigenvalue weighted by Crippen LogP contribution is -2.36. The average Bonchev–Trinajstić information content (AvgIpc) is 2.63. The molecule has 2 aromatic carbocycles. The molecule has 0 aromatic heterocycles. The lowest BCUT2D eigenvalue weighted by atomic mass is 10.2. The predicted molar refractivity (Wildman–Crippen MR) is 95.9 cm³/mol. The molecule has 25 heavy (non-hydrogen) atoms. The van der Waals surface area contributed by atoms with Crippen LogP contribution in [0.5, 0.6) is 0 Å². The van der Waals surface area contributed by atoms with Crippen LogP contribution in [0.4, 0.5) is 14.9 Å². The highest BCUT2D eigenvalue weighted by molar-refractivity contribution is 5.84. The van der Waals surface area contributed by atoms with E-state index < -0.39 is 6.09 Å². The predicted octanol–water partition coefficient (Wildman–Crippen LogP) is 2.87. The largest absolute Gasteiger partial charge is 0.453 e. The molecule has 2 aromatic rings. The fraction of sp³-hybridized carbons (Fsp3) is 0.222. The lowest BCUT2D eigenvalue weighted by Gasteiger charge is -2.12. The van der Waals surface area contributed by atoms with Gasteiger partial charge in [-0.25, -0.2) is 9.18 Å². The normalized spacial score (nSPS) is 10.9. The number of hydrogen-bond acceptors (Lipinski definition) is 3. The second-order valence-electron chi connectivity index (χ2n) is 5.22. The number of carbonyl (C=O) groups is 1. The molecule has 3 N–H and O–H groups in total. The summed E-state index contributed by atoms with van der Waals surface area (Å²) in [6.45, 7) is 1.03. The van der Waals surface area contributed by atoms with Gasteiger partial charge in [-0.1, -0.05) is 24.3 Å². The number of carbonyl (C=O) groups excluding carboxylic acids is 1. The molecule has 0 aliphatic carbocycles. The van der Waals surface area contributed by atoms with Gasteiger partial charge in [0.25, 0.3) is 0 Å². The number of aliphatic imine (C=N–C) groups is 1. The first-order valence-corrected chi connectivity index (χ1v) is 7.73. The topological polar surface area (TPSA) is 74.8 Å². The van der Waals surface area contributed by atoms with E-state index in [9.17, 15) is 9.18 Å². The number of halogens is 1. The molecule has 0 bridgehead atoms. The minimum Gasteiger partial charge on any atom is -0.453 e. The Balaban J connectivity index is 1.83. The Morgan fingerprint density at radius 1 is 1.08 bits per heavy atom. The number of nitrogens with zero attached hydrogens (tertiary/aromatic N) is 1. The van der Waals surface area contributed by atoms with Gasteiger partial charge in [-0.2, -0.15) is 0 Å². The van der Waals surface area contributed by atoms with E-state index in [0.29, 0.717) is 24.7 Å². The first-order valence-electron chi connectivity index (χ1n) is 7.73. The van der Waals surface area contributed by atoms with Crippen LogP contribution in [0.1, 0.15) is 11.1 Å². The lowest BCUT2D eigenvalue weighted by molar-refractivity contribution is 0.187. The van der Waals surface area contributed by atoms with Crippen molar-refractivity contribution >= 4 is 17.7 Å². The summed E-state index contributed by atoms with van der Waals surface area (Å²) in [5, 5.41) is 8.89. The maximum Gasteiger partial charge on any atom is 0.411 e. The van der Waals surface area contributed by atoms with Crippen LogP contribution in [0, 0.1) is 5.82 Å². The van der Waals surface area contributed by atoms with Crippen molar-refractivity contribution in [1.29, 1.82) is 0 Å². The van der Waals surface area contributed by atoms with Gasteiger partial charge >= 0.3 is 6.09 Å². The Morgan fingerprint density at radius 2 is 1.76 bits per heavy atom. The van der Waals surface area contributed by atoms with Crippen LogP contribution in [0.15, 0.2) is 53.5 Å². The number of anilines is 1. The fourth-order valence-corrected chi connectivity index (χ4v) is 2.11. The number of benzene rings is 2. The molecule has 0 heterocycles. The van der Waals surface area contributed by atoms with Crippen molar-refractivity contribution in [2.45, 2.75) is 13.1 Å². The van der Waals surface area contributed by atoms with E-state index in [1.54, 1.807) is 25.2 Å². The number of nitrogens with one attached hydrogen (secondary N) is 3. The summed E-state index contributed by atoms with van der Waals surface area (Å²) in [4.78, 5) is 15.3. The Bertz CT molecular complexity index is 732. The number of amides is 1. The van der Waals surface area contributed by atoms with Crippen LogP contribution in [-0.4, -0.2) is 26.2 Å². The maximum absolute atomic E-state index is 13.2. The van der Waals surface area contributed by atoms with Crippen molar-refractivity contribution in [2.24, 2.45) is 4.99 Å². The average molecular weight is 344 g/mol. The maximum atomic E-state index is 13.2. The van der Waals surface area contributed by atoms with E-state index in [4.69, 9.17) is 0 Å². The number of ether oxygens (including phenoxy) is 1. The summed E-state index contributed by atoms with van der Waals surface area (Å²) in [7, 11) is 2.99. The van der Waals surface area contributed by atoms with E-state index in [1.165, 1.54) is 19.2 Å². The Kier molecular flexibility index (Phi) is 6.76. The Morgan fingerprint density at radius 3 is 2.36 bits per heavy atom. The quantitative estimate of drug-likeness (QED) is 0.576. The summed E-state index contributed by atoms with van der Waals surface area (Å²) in [5.74, 6) is 0.351. The third-order valence-electron chi connectivity index (χ3n) is 3.42. The van der Waals surface area contributed by atoms with Crippen LogP contribution in [0.2, 0.25) is 0 Å². The molecule has 1 amide bonds. The third-order valence-corrected chi connectivity index (χ3v) is 3.42. The van der Waals surface area contributed by atoms with E-state index in [0.717, 1.165) is 11.1 Å². The Hall–Kier alpha value is -3.09. The van der Waals surface area contributed by atoms with Gasteiger partial charge in [0.2, 0.25) is 0 Å². The highest BCUT2D eigenvalue weighted by Crippen LogP contribution is 2.09. The molecule has 0 atom stereocenters. The van der Waals surface area contributed by atoms with Crippen LogP contribution < -0.4 is 16.0 Å². The monoisotopic (exact) mass is 344 g/mol. The standard InChI is InChI=1S/C18H21FN4O2/c1-20-17(22-12-14-4-3-5-15(19)10-14)21-11-13-6-8-16(9-7-13)23-18(24)25-2/h3-10H,11-12H2,1-2H3,(H,23,24)(H2,20,21,22). The van der Waals surface area contributed by atoms with E-state index in [2.05, 4.69) is 25.7 Å². The molecular formula is C18H21FN4O2. The molecule has 0 aliphatic heterocycles. The summed E-state index contributed by atoms with van der Waals surface area (Å²) in [6, 6.07) is 13.8. The van der Waals surface area contributed by atoms with Gasteiger partial charge in [0, 0.05) is 25.8 Å². The first kappa shape index (κ1) is 18.3. The molecule has 0 fully saturated rings. The van der Waals surface area contributed by atoms with Crippen molar-refractivity contribution in [3.05, 3.63) is 65.5 Å². The number of guanidine groups is 1. The molecule has 0 spiro atoms. The third kappa shape index (κ3) is 6.14. The van der Waals surface area contributed by atoms with Gasteiger partial charge in [0.1, 0.15) is 5.82 Å². The van der Waals surface area contributed by atoms with Gasteiger partial charge in [-0.3, -0.25) is 10.3 Å². The summed E-state index contributed by atoms with van der Waals surface area (Å²) < 4.78 is 17.7. The molecule has 7 heteroatoms.